The maximum Gasteiger partial charge on any atom is 0.288 e. The SMILES string of the molecule is CC(C)(CCC#N)CNc1ccc(SC(F)F)cc1. The topological polar surface area (TPSA) is 35.8 Å². The number of anilines is 1. The first-order chi connectivity index (χ1) is 8.93. The van der Waals surface area contributed by atoms with Crippen molar-refractivity contribution in [3.05, 3.63) is 24.3 Å². The van der Waals surface area contributed by atoms with E-state index in [1.54, 1.807) is 24.3 Å². The summed E-state index contributed by atoms with van der Waals surface area (Å²) in [6.45, 7) is 4.94. The lowest BCUT2D eigenvalue weighted by molar-refractivity contribution is 0.252. The van der Waals surface area contributed by atoms with Crippen LogP contribution in [0.4, 0.5) is 14.5 Å². The second kappa shape index (κ2) is 7.34. The van der Waals surface area contributed by atoms with Crippen LogP contribution in [0.3, 0.4) is 0 Å². The molecule has 5 heteroatoms. The van der Waals surface area contributed by atoms with Crippen molar-refractivity contribution in [1.29, 1.82) is 5.26 Å². The number of nitrogens with zero attached hydrogens (tertiary/aromatic N) is 1. The average molecular weight is 284 g/mol. The molecule has 0 saturated carbocycles. The lowest BCUT2D eigenvalue weighted by Gasteiger charge is -2.24. The molecule has 1 aromatic carbocycles. The number of halogens is 2. The molecule has 1 rings (SSSR count). The molecule has 104 valence electrons. The normalized spacial score (nSPS) is 11.4. The van der Waals surface area contributed by atoms with Crippen LogP contribution in [-0.4, -0.2) is 12.3 Å². The first-order valence-corrected chi connectivity index (χ1v) is 6.97. The first kappa shape index (κ1) is 15.8. The Labute approximate surface area is 117 Å². The van der Waals surface area contributed by atoms with Gasteiger partial charge in [0.25, 0.3) is 5.76 Å². The average Bonchev–Trinajstić information content (AvgIpc) is 2.35. The molecule has 0 atom stereocenters. The van der Waals surface area contributed by atoms with E-state index in [9.17, 15) is 8.78 Å². The fraction of sp³-hybridized carbons (Fsp3) is 0.500. The van der Waals surface area contributed by atoms with Crippen molar-refractivity contribution in [2.75, 3.05) is 11.9 Å². The zero-order chi connectivity index (χ0) is 14.3. The van der Waals surface area contributed by atoms with E-state index >= 15 is 0 Å². The van der Waals surface area contributed by atoms with E-state index < -0.39 is 5.76 Å². The molecule has 0 unspecified atom stereocenters. The van der Waals surface area contributed by atoms with Crippen molar-refractivity contribution in [1.82, 2.24) is 0 Å². The van der Waals surface area contributed by atoms with Crippen LogP contribution in [0.5, 0.6) is 0 Å². The fourth-order valence-electron chi connectivity index (χ4n) is 1.58. The van der Waals surface area contributed by atoms with Crippen molar-refractivity contribution in [3.63, 3.8) is 0 Å². The predicted octanol–water partition coefficient (Wildman–Crippen LogP) is 4.74. The number of thioether (sulfide) groups is 1. The van der Waals surface area contributed by atoms with Gasteiger partial charge < -0.3 is 5.32 Å². The third-order valence-electron chi connectivity index (χ3n) is 2.76. The maximum absolute atomic E-state index is 12.2. The van der Waals surface area contributed by atoms with Crippen molar-refractivity contribution in [3.8, 4) is 6.07 Å². The Morgan fingerprint density at radius 3 is 2.47 bits per heavy atom. The van der Waals surface area contributed by atoms with Gasteiger partial charge in [-0.2, -0.15) is 14.0 Å². The molecule has 0 aliphatic rings. The number of rotatable bonds is 7. The third-order valence-corrected chi connectivity index (χ3v) is 3.49. The Hall–Kier alpha value is -1.28. The summed E-state index contributed by atoms with van der Waals surface area (Å²) >= 11 is 0.545. The molecule has 0 fully saturated rings. The van der Waals surface area contributed by atoms with E-state index in [4.69, 9.17) is 5.26 Å². The fourth-order valence-corrected chi connectivity index (χ4v) is 2.08. The van der Waals surface area contributed by atoms with Gasteiger partial charge in [0.05, 0.1) is 6.07 Å². The first-order valence-electron chi connectivity index (χ1n) is 6.09. The van der Waals surface area contributed by atoms with Crippen LogP contribution < -0.4 is 5.32 Å². The molecule has 0 aliphatic heterocycles. The van der Waals surface area contributed by atoms with Gasteiger partial charge in [0.1, 0.15) is 0 Å². The van der Waals surface area contributed by atoms with Crippen LogP contribution in [0.2, 0.25) is 0 Å². The highest BCUT2D eigenvalue weighted by molar-refractivity contribution is 7.99. The highest BCUT2D eigenvalue weighted by Gasteiger charge is 2.16. The van der Waals surface area contributed by atoms with Gasteiger partial charge in [-0.3, -0.25) is 0 Å². The summed E-state index contributed by atoms with van der Waals surface area (Å²) in [4.78, 5) is 0.560. The van der Waals surface area contributed by atoms with Crippen LogP contribution in [-0.2, 0) is 0 Å². The van der Waals surface area contributed by atoms with E-state index in [0.717, 1.165) is 18.7 Å². The standard InChI is InChI=1S/C14H18F2N2S/c1-14(2,8-3-9-17)10-18-11-4-6-12(7-5-11)19-13(15)16/h4-7,13,18H,3,8,10H2,1-2H3. The Morgan fingerprint density at radius 1 is 1.32 bits per heavy atom. The Kier molecular flexibility index (Phi) is 6.10. The quantitative estimate of drug-likeness (QED) is 0.734. The van der Waals surface area contributed by atoms with Gasteiger partial charge in [-0.05, 0) is 36.1 Å². The lowest BCUT2D eigenvalue weighted by Crippen LogP contribution is -2.22. The highest BCUT2D eigenvalue weighted by atomic mass is 32.2. The van der Waals surface area contributed by atoms with Crippen LogP contribution in [0.15, 0.2) is 29.2 Å². The van der Waals surface area contributed by atoms with Crippen molar-refractivity contribution < 1.29 is 8.78 Å². The van der Waals surface area contributed by atoms with Crippen LogP contribution in [0.25, 0.3) is 0 Å². The zero-order valence-corrected chi connectivity index (χ0v) is 11.9. The molecule has 2 nitrogen and oxygen atoms in total. The number of alkyl halides is 2. The number of nitrogens with one attached hydrogen (secondary N) is 1. The van der Waals surface area contributed by atoms with Crippen molar-refractivity contribution in [2.45, 2.75) is 37.3 Å². The van der Waals surface area contributed by atoms with Gasteiger partial charge in [0.2, 0.25) is 0 Å². The number of benzene rings is 1. The number of hydrogen-bond donors (Lipinski definition) is 1. The van der Waals surface area contributed by atoms with Crippen molar-refractivity contribution in [2.24, 2.45) is 5.41 Å². The summed E-state index contributed by atoms with van der Waals surface area (Å²) in [7, 11) is 0. The van der Waals surface area contributed by atoms with E-state index in [-0.39, 0.29) is 5.41 Å². The summed E-state index contributed by atoms with van der Waals surface area (Å²) in [5.74, 6) is -2.39. The number of hydrogen-bond acceptors (Lipinski definition) is 3. The van der Waals surface area contributed by atoms with Crippen molar-refractivity contribution >= 4 is 17.4 Å². The molecule has 0 spiro atoms. The van der Waals surface area contributed by atoms with E-state index in [1.165, 1.54) is 0 Å². The summed E-state index contributed by atoms with van der Waals surface area (Å²) in [5, 5.41) is 11.9. The minimum atomic E-state index is -2.39. The van der Waals surface area contributed by atoms with Gasteiger partial charge in [0.15, 0.2) is 0 Å². The molecule has 1 N–H and O–H groups in total. The molecule has 0 saturated heterocycles. The van der Waals surface area contributed by atoms with Crippen LogP contribution in [0, 0.1) is 16.7 Å². The molecule has 0 radical (unpaired) electrons. The largest absolute Gasteiger partial charge is 0.385 e. The lowest BCUT2D eigenvalue weighted by atomic mass is 9.88. The van der Waals surface area contributed by atoms with Gasteiger partial charge in [-0.1, -0.05) is 25.6 Å². The molecule has 19 heavy (non-hydrogen) atoms. The second-order valence-electron chi connectivity index (χ2n) is 5.08. The minimum Gasteiger partial charge on any atom is -0.385 e. The van der Waals surface area contributed by atoms with Gasteiger partial charge in [-0.25, -0.2) is 0 Å². The number of nitriles is 1. The molecule has 0 amide bonds. The van der Waals surface area contributed by atoms with E-state index in [2.05, 4.69) is 25.2 Å². The summed E-state index contributed by atoms with van der Waals surface area (Å²) in [6, 6.07) is 9.10. The smallest absolute Gasteiger partial charge is 0.288 e. The summed E-state index contributed by atoms with van der Waals surface area (Å²) < 4.78 is 24.3. The molecule has 1 aromatic rings. The highest BCUT2D eigenvalue weighted by Crippen LogP contribution is 2.27. The monoisotopic (exact) mass is 284 g/mol. The molecular formula is C14H18F2N2S. The maximum atomic E-state index is 12.2. The molecule has 0 aromatic heterocycles. The third kappa shape index (κ3) is 6.44. The second-order valence-corrected chi connectivity index (χ2v) is 6.14. The van der Waals surface area contributed by atoms with Gasteiger partial charge in [0, 0.05) is 23.5 Å². The van der Waals surface area contributed by atoms with Crippen LogP contribution in [0.1, 0.15) is 26.7 Å². The minimum absolute atomic E-state index is 0.0339. The van der Waals surface area contributed by atoms with E-state index in [0.29, 0.717) is 23.1 Å². The molecule has 0 heterocycles. The molecule has 0 bridgehead atoms. The Balaban J connectivity index is 2.47. The summed E-state index contributed by atoms with van der Waals surface area (Å²) in [5.41, 5.74) is 0.940. The summed E-state index contributed by atoms with van der Waals surface area (Å²) in [6.07, 6.45) is 1.37. The van der Waals surface area contributed by atoms with E-state index in [1.807, 2.05) is 0 Å². The Bertz CT molecular complexity index is 424. The van der Waals surface area contributed by atoms with Gasteiger partial charge in [-0.15, -0.1) is 0 Å². The molecular weight excluding hydrogens is 266 g/mol. The predicted molar refractivity (Wildman–Crippen MR) is 75.4 cm³/mol. The Morgan fingerprint density at radius 2 is 1.95 bits per heavy atom. The van der Waals surface area contributed by atoms with Gasteiger partial charge >= 0.3 is 0 Å². The molecule has 0 aliphatic carbocycles. The van der Waals surface area contributed by atoms with Crippen LogP contribution >= 0.6 is 11.8 Å². The zero-order valence-electron chi connectivity index (χ0n) is 11.1.